The molecule has 1 amide bonds. The lowest BCUT2D eigenvalue weighted by atomic mass is 10.2. The van der Waals surface area contributed by atoms with Gasteiger partial charge in [-0.3, -0.25) is 4.79 Å². The van der Waals surface area contributed by atoms with Crippen LogP contribution in [0.3, 0.4) is 0 Å². The molecular formula is C14H20ClNO2. The maximum Gasteiger partial charge on any atom is 0.260 e. The number of hydrogen-bond acceptors (Lipinski definition) is 2. The molecular weight excluding hydrogens is 250 g/mol. The van der Waals surface area contributed by atoms with Crippen LogP contribution >= 0.6 is 11.6 Å². The predicted octanol–water partition coefficient (Wildman–Crippen LogP) is 3.41. The van der Waals surface area contributed by atoms with E-state index in [9.17, 15) is 4.79 Å². The molecule has 100 valence electrons. The standard InChI is InChI=1S/C14H20ClNO2/c1-4-7-10(2)16-14(17)11(3)18-13-9-6-5-8-12(13)15/h5-6,8-11H,4,7H2,1-3H3,(H,16,17)/t10-,11+/m0/s1. The molecule has 4 heteroatoms. The average molecular weight is 270 g/mol. The Morgan fingerprint density at radius 2 is 2.06 bits per heavy atom. The SMILES string of the molecule is CCC[C@H](C)NC(=O)[C@@H](C)Oc1ccccc1Cl. The Morgan fingerprint density at radius 3 is 2.67 bits per heavy atom. The minimum atomic E-state index is -0.552. The van der Waals surface area contributed by atoms with Crippen molar-refractivity contribution in [3.63, 3.8) is 0 Å². The molecule has 3 nitrogen and oxygen atoms in total. The molecule has 0 saturated heterocycles. The summed E-state index contributed by atoms with van der Waals surface area (Å²) in [6, 6.07) is 7.30. The number of nitrogens with one attached hydrogen (secondary N) is 1. The van der Waals surface area contributed by atoms with Crippen LogP contribution in [0.25, 0.3) is 0 Å². The van der Waals surface area contributed by atoms with E-state index in [2.05, 4.69) is 12.2 Å². The molecule has 0 aromatic heterocycles. The third-order valence-corrected chi connectivity index (χ3v) is 2.93. The predicted molar refractivity (Wildman–Crippen MR) is 74.1 cm³/mol. The van der Waals surface area contributed by atoms with Crippen LogP contribution in [0.4, 0.5) is 0 Å². The van der Waals surface area contributed by atoms with Crippen LogP contribution in [-0.2, 0) is 4.79 Å². The highest BCUT2D eigenvalue weighted by molar-refractivity contribution is 6.32. The lowest BCUT2D eigenvalue weighted by molar-refractivity contribution is -0.127. The number of carbonyl (C=O) groups excluding carboxylic acids is 1. The van der Waals surface area contributed by atoms with Gasteiger partial charge in [-0.2, -0.15) is 0 Å². The maximum absolute atomic E-state index is 11.9. The van der Waals surface area contributed by atoms with Crippen LogP contribution in [0, 0.1) is 0 Å². The molecule has 1 aromatic rings. The summed E-state index contributed by atoms with van der Waals surface area (Å²) in [5, 5.41) is 3.43. The van der Waals surface area contributed by atoms with Crippen molar-refractivity contribution < 1.29 is 9.53 Å². The molecule has 0 saturated carbocycles. The Morgan fingerprint density at radius 1 is 1.39 bits per heavy atom. The van der Waals surface area contributed by atoms with Crippen molar-refractivity contribution >= 4 is 17.5 Å². The largest absolute Gasteiger partial charge is 0.479 e. The molecule has 1 rings (SSSR count). The van der Waals surface area contributed by atoms with Gasteiger partial charge in [0.2, 0.25) is 0 Å². The van der Waals surface area contributed by atoms with Crippen LogP contribution in [0.5, 0.6) is 5.75 Å². The first-order chi connectivity index (χ1) is 8.54. The summed E-state index contributed by atoms with van der Waals surface area (Å²) in [4.78, 5) is 11.9. The zero-order chi connectivity index (χ0) is 13.5. The van der Waals surface area contributed by atoms with Gasteiger partial charge in [0.05, 0.1) is 5.02 Å². The van der Waals surface area contributed by atoms with Crippen LogP contribution in [0.2, 0.25) is 5.02 Å². The number of para-hydroxylation sites is 1. The molecule has 0 aliphatic carbocycles. The monoisotopic (exact) mass is 269 g/mol. The third-order valence-electron chi connectivity index (χ3n) is 2.62. The minimum Gasteiger partial charge on any atom is -0.479 e. The first kappa shape index (κ1) is 14.8. The summed E-state index contributed by atoms with van der Waals surface area (Å²) in [6.45, 7) is 5.80. The van der Waals surface area contributed by atoms with Gasteiger partial charge >= 0.3 is 0 Å². The Hall–Kier alpha value is -1.22. The zero-order valence-corrected chi connectivity index (χ0v) is 11.8. The lowest BCUT2D eigenvalue weighted by Crippen LogP contribution is -2.41. The zero-order valence-electron chi connectivity index (χ0n) is 11.1. The van der Waals surface area contributed by atoms with Gasteiger partial charge in [-0.25, -0.2) is 0 Å². The summed E-state index contributed by atoms with van der Waals surface area (Å²) in [6.07, 6.45) is 1.45. The highest BCUT2D eigenvalue weighted by Gasteiger charge is 2.17. The van der Waals surface area contributed by atoms with Crippen molar-refractivity contribution in [2.75, 3.05) is 0 Å². The van der Waals surface area contributed by atoms with Crippen molar-refractivity contribution in [1.82, 2.24) is 5.32 Å². The van der Waals surface area contributed by atoms with E-state index in [-0.39, 0.29) is 11.9 Å². The number of halogens is 1. The molecule has 1 aromatic carbocycles. The van der Waals surface area contributed by atoms with E-state index in [1.54, 1.807) is 19.1 Å². The highest BCUT2D eigenvalue weighted by Crippen LogP contribution is 2.24. The van der Waals surface area contributed by atoms with Gasteiger partial charge in [0.1, 0.15) is 5.75 Å². The van der Waals surface area contributed by atoms with Gasteiger partial charge in [0.25, 0.3) is 5.91 Å². The van der Waals surface area contributed by atoms with E-state index >= 15 is 0 Å². The fourth-order valence-corrected chi connectivity index (χ4v) is 1.83. The maximum atomic E-state index is 11.9. The highest BCUT2D eigenvalue weighted by atomic mass is 35.5. The van der Waals surface area contributed by atoms with Crippen LogP contribution < -0.4 is 10.1 Å². The molecule has 0 aliphatic heterocycles. The van der Waals surface area contributed by atoms with Crippen molar-refractivity contribution in [2.45, 2.75) is 45.8 Å². The quantitative estimate of drug-likeness (QED) is 0.859. The number of hydrogen-bond donors (Lipinski definition) is 1. The van der Waals surface area contributed by atoms with E-state index in [1.807, 2.05) is 19.1 Å². The molecule has 0 bridgehead atoms. The molecule has 2 atom stereocenters. The van der Waals surface area contributed by atoms with Crippen LogP contribution in [0.15, 0.2) is 24.3 Å². The second-order valence-corrected chi connectivity index (χ2v) is 4.80. The number of carbonyl (C=O) groups is 1. The van der Waals surface area contributed by atoms with E-state index in [4.69, 9.17) is 16.3 Å². The first-order valence-electron chi connectivity index (χ1n) is 6.26. The summed E-state index contributed by atoms with van der Waals surface area (Å²) < 4.78 is 5.54. The minimum absolute atomic E-state index is 0.115. The van der Waals surface area contributed by atoms with Gasteiger partial charge in [-0.1, -0.05) is 37.1 Å². The molecule has 0 spiro atoms. The first-order valence-corrected chi connectivity index (χ1v) is 6.64. The fraction of sp³-hybridized carbons (Fsp3) is 0.500. The van der Waals surface area contributed by atoms with Crippen molar-refractivity contribution in [3.05, 3.63) is 29.3 Å². The smallest absolute Gasteiger partial charge is 0.260 e. The topological polar surface area (TPSA) is 38.3 Å². The van der Waals surface area contributed by atoms with Crippen molar-refractivity contribution in [1.29, 1.82) is 0 Å². The Kier molecular flexibility index (Phi) is 5.99. The molecule has 0 unspecified atom stereocenters. The summed E-state index contributed by atoms with van der Waals surface area (Å²) in [7, 11) is 0. The van der Waals surface area contributed by atoms with Crippen molar-refractivity contribution in [3.8, 4) is 5.75 Å². The van der Waals surface area contributed by atoms with Crippen molar-refractivity contribution in [2.24, 2.45) is 0 Å². The van der Waals surface area contributed by atoms with Gasteiger partial charge in [-0.15, -0.1) is 0 Å². The van der Waals surface area contributed by atoms with Crippen LogP contribution in [-0.4, -0.2) is 18.1 Å². The number of ether oxygens (including phenoxy) is 1. The van der Waals surface area contributed by atoms with Gasteiger partial charge < -0.3 is 10.1 Å². The Bertz CT molecular complexity index is 395. The van der Waals surface area contributed by atoms with Gasteiger partial charge in [0, 0.05) is 6.04 Å². The molecule has 0 heterocycles. The third kappa shape index (κ3) is 4.57. The Balaban J connectivity index is 2.52. The second kappa shape index (κ2) is 7.27. The fourth-order valence-electron chi connectivity index (χ4n) is 1.65. The molecule has 1 N–H and O–H groups in total. The number of rotatable bonds is 6. The summed E-state index contributed by atoms with van der Waals surface area (Å²) in [5.41, 5.74) is 0. The molecule has 0 fully saturated rings. The molecule has 0 aliphatic rings. The van der Waals surface area contributed by atoms with E-state index in [1.165, 1.54) is 0 Å². The number of benzene rings is 1. The van der Waals surface area contributed by atoms with Gasteiger partial charge in [0.15, 0.2) is 6.10 Å². The lowest BCUT2D eigenvalue weighted by Gasteiger charge is -2.18. The van der Waals surface area contributed by atoms with E-state index in [0.717, 1.165) is 12.8 Å². The summed E-state index contributed by atoms with van der Waals surface area (Å²) >= 11 is 5.97. The van der Waals surface area contributed by atoms with E-state index < -0.39 is 6.10 Å². The molecule has 0 radical (unpaired) electrons. The average Bonchev–Trinajstić information content (AvgIpc) is 2.32. The Labute approximate surface area is 113 Å². The van der Waals surface area contributed by atoms with Gasteiger partial charge in [-0.05, 0) is 32.4 Å². The number of amides is 1. The summed E-state index contributed by atoms with van der Waals surface area (Å²) in [5.74, 6) is 0.417. The second-order valence-electron chi connectivity index (χ2n) is 4.39. The molecule has 18 heavy (non-hydrogen) atoms. The normalized spacial score (nSPS) is 13.8. The van der Waals surface area contributed by atoms with E-state index in [0.29, 0.717) is 10.8 Å². The van der Waals surface area contributed by atoms with Crippen LogP contribution in [0.1, 0.15) is 33.6 Å².